The molecule has 0 aliphatic carbocycles. The zero-order valence-electron chi connectivity index (χ0n) is 13.5. The van der Waals surface area contributed by atoms with Crippen LogP contribution in [0.5, 0.6) is 0 Å². The van der Waals surface area contributed by atoms with Gasteiger partial charge in [-0.25, -0.2) is 4.98 Å². The van der Waals surface area contributed by atoms with Crippen LogP contribution in [0.1, 0.15) is 30.3 Å². The number of nitrogens with two attached hydrogens (primary N) is 1. The van der Waals surface area contributed by atoms with Crippen LogP contribution in [0.15, 0.2) is 26.9 Å². The summed E-state index contributed by atoms with van der Waals surface area (Å²) in [6.07, 6.45) is 2.07. The van der Waals surface area contributed by atoms with Gasteiger partial charge in [-0.2, -0.15) is 0 Å². The Morgan fingerprint density at radius 1 is 1.48 bits per heavy atom. The Balaban J connectivity index is 2.05. The molecule has 124 valence electrons. The third kappa shape index (κ3) is 4.56. The SMILES string of the molecule is CCCCN=C(N)Nc1nc(-c2ccc(C(=O)N(C)C)o2)cs1. The summed E-state index contributed by atoms with van der Waals surface area (Å²) in [6.45, 7) is 2.80. The predicted molar refractivity (Wildman–Crippen MR) is 92.9 cm³/mol. The van der Waals surface area contributed by atoms with E-state index in [9.17, 15) is 4.79 Å². The van der Waals surface area contributed by atoms with Crippen LogP contribution < -0.4 is 11.1 Å². The van der Waals surface area contributed by atoms with E-state index >= 15 is 0 Å². The summed E-state index contributed by atoms with van der Waals surface area (Å²) in [5.41, 5.74) is 6.45. The summed E-state index contributed by atoms with van der Waals surface area (Å²) >= 11 is 1.40. The molecule has 0 aromatic carbocycles. The second-order valence-corrected chi connectivity index (χ2v) is 6.00. The Hall–Kier alpha value is -2.35. The van der Waals surface area contributed by atoms with E-state index in [2.05, 4.69) is 22.2 Å². The monoisotopic (exact) mass is 335 g/mol. The molecule has 7 nitrogen and oxygen atoms in total. The Labute approximate surface area is 139 Å². The number of aliphatic imine (C=N–C) groups is 1. The lowest BCUT2D eigenvalue weighted by molar-refractivity contribution is 0.0797. The van der Waals surface area contributed by atoms with Crippen molar-refractivity contribution in [3.05, 3.63) is 23.3 Å². The van der Waals surface area contributed by atoms with E-state index in [1.165, 1.54) is 16.2 Å². The fourth-order valence-electron chi connectivity index (χ4n) is 1.76. The van der Waals surface area contributed by atoms with E-state index in [-0.39, 0.29) is 11.7 Å². The van der Waals surface area contributed by atoms with Gasteiger partial charge >= 0.3 is 0 Å². The number of carbonyl (C=O) groups excluding carboxylic acids is 1. The molecule has 0 spiro atoms. The van der Waals surface area contributed by atoms with Gasteiger partial charge in [0.05, 0.1) is 0 Å². The number of carbonyl (C=O) groups is 1. The van der Waals surface area contributed by atoms with Crippen LogP contribution >= 0.6 is 11.3 Å². The molecule has 0 unspecified atom stereocenters. The number of hydrogen-bond donors (Lipinski definition) is 2. The van der Waals surface area contributed by atoms with Gasteiger partial charge in [0.15, 0.2) is 22.6 Å². The van der Waals surface area contributed by atoms with Crippen molar-refractivity contribution in [2.45, 2.75) is 19.8 Å². The molecule has 0 aliphatic heterocycles. The summed E-state index contributed by atoms with van der Waals surface area (Å²) in [6, 6.07) is 3.37. The first-order chi connectivity index (χ1) is 11.0. The van der Waals surface area contributed by atoms with Crippen molar-refractivity contribution in [3.8, 4) is 11.5 Å². The number of hydrogen-bond acceptors (Lipinski definition) is 5. The van der Waals surface area contributed by atoms with Crippen LogP contribution in [0, 0.1) is 0 Å². The van der Waals surface area contributed by atoms with E-state index in [1.54, 1.807) is 26.2 Å². The highest BCUT2D eigenvalue weighted by Gasteiger charge is 2.15. The van der Waals surface area contributed by atoms with Crippen molar-refractivity contribution >= 4 is 28.3 Å². The molecule has 0 radical (unpaired) electrons. The molecule has 2 aromatic rings. The minimum Gasteiger partial charge on any atom is -0.449 e. The highest BCUT2D eigenvalue weighted by atomic mass is 32.1. The van der Waals surface area contributed by atoms with Crippen molar-refractivity contribution < 1.29 is 9.21 Å². The van der Waals surface area contributed by atoms with Crippen LogP contribution in [0.4, 0.5) is 5.13 Å². The molecule has 8 heteroatoms. The molecule has 0 fully saturated rings. The normalized spacial score (nSPS) is 11.5. The molecule has 2 rings (SSSR count). The molecule has 0 bridgehead atoms. The quantitative estimate of drug-likeness (QED) is 0.480. The zero-order valence-corrected chi connectivity index (χ0v) is 14.3. The maximum absolute atomic E-state index is 11.8. The average Bonchev–Trinajstić information content (AvgIpc) is 3.15. The molecule has 2 heterocycles. The molecule has 3 N–H and O–H groups in total. The van der Waals surface area contributed by atoms with Gasteiger partial charge in [-0.15, -0.1) is 11.3 Å². The summed E-state index contributed by atoms with van der Waals surface area (Å²) in [7, 11) is 3.35. The lowest BCUT2D eigenvalue weighted by Crippen LogP contribution is -2.22. The fourth-order valence-corrected chi connectivity index (χ4v) is 2.47. The minimum atomic E-state index is -0.183. The number of amides is 1. The second-order valence-electron chi connectivity index (χ2n) is 5.15. The van der Waals surface area contributed by atoms with Crippen LogP contribution in [0.25, 0.3) is 11.5 Å². The lowest BCUT2D eigenvalue weighted by Gasteiger charge is -2.06. The van der Waals surface area contributed by atoms with Gasteiger partial charge in [-0.1, -0.05) is 13.3 Å². The molecule has 1 amide bonds. The molecule has 0 aliphatic rings. The molecular formula is C15H21N5O2S. The van der Waals surface area contributed by atoms with E-state index in [0.717, 1.165) is 12.8 Å². The Bertz CT molecular complexity index is 690. The van der Waals surface area contributed by atoms with Crippen molar-refractivity contribution in [1.82, 2.24) is 9.88 Å². The van der Waals surface area contributed by atoms with Crippen LogP contribution in [-0.4, -0.2) is 42.4 Å². The van der Waals surface area contributed by atoms with Gasteiger partial charge in [-0.05, 0) is 18.6 Å². The first kappa shape index (κ1) is 17.0. The van der Waals surface area contributed by atoms with Crippen molar-refractivity contribution in [2.75, 3.05) is 26.0 Å². The standard InChI is InChI=1S/C15H21N5O2S/c1-4-5-8-17-14(16)19-15-18-10(9-23-15)11-6-7-12(22-11)13(21)20(2)3/h6-7,9H,4-5,8H2,1-3H3,(H3,16,17,18,19). The number of rotatable bonds is 6. The molecule has 0 atom stereocenters. The van der Waals surface area contributed by atoms with Crippen LogP contribution in [0.3, 0.4) is 0 Å². The molecule has 2 aromatic heterocycles. The van der Waals surface area contributed by atoms with E-state index < -0.39 is 0 Å². The lowest BCUT2D eigenvalue weighted by atomic mass is 10.3. The third-order valence-corrected chi connectivity index (χ3v) is 3.77. The number of furan rings is 1. The minimum absolute atomic E-state index is 0.183. The Kier molecular flexibility index (Phi) is 5.75. The third-order valence-electron chi connectivity index (χ3n) is 3.01. The largest absolute Gasteiger partial charge is 0.449 e. The highest BCUT2D eigenvalue weighted by molar-refractivity contribution is 7.14. The number of nitrogens with one attached hydrogen (secondary N) is 1. The molecule has 23 heavy (non-hydrogen) atoms. The highest BCUT2D eigenvalue weighted by Crippen LogP contribution is 2.26. The van der Waals surface area contributed by atoms with Crippen molar-refractivity contribution in [2.24, 2.45) is 10.7 Å². The first-order valence-electron chi connectivity index (χ1n) is 7.35. The van der Waals surface area contributed by atoms with E-state index in [0.29, 0.717) is 29.1 Å². The van der Waals surface area contributed by atoms with Crippen molar-refractivity contribution in [3.63, 3.8) is 0 Å². The number of aromatic nitrogens is 1. The molecule has 0 saturated heterocycles. The summed E-state index contributed by atoms with van der Waals surface area (Å²) in [5, 5.41) is 5.43. The van der Waals surface area contributed by atoms with Gasteiger partial charge in [0, 0.05) is 26.0 Å². The Morgan fingerprint density at radius 3 is 2.96 bits per heavy atom. The van der Waals surface area contributed by atoms with Gasteiger partial charge in [-0.3, -0.25) is 9.79 Å². The number of guanidine groups is 1. The number of anilines is 1. The molecule has 0 saturated carbocycles. The summed E-state index contributed by atoms with van der Waals surface area (Å²) in [5.74, 6) is 0.994. The zero-order chi connectivity index (χ0) is 16.8. The van der Waals surface area contributed by atoms with Gasteiger partial charge in [0.25, 0.3) is 5.91 Å². The number of unbranched alkanes of at least 4 members (excludes halogenated alkanes) is 1. The summed E-state index contributed by atoms with van der Waals surface area (Å²) < 4.78 is 5.55. The second kappa shape index (κ2) is 7.77. The van der Waals surface area contributed by atoms with E-state index in [1.807, 2.05) is 5.38 Å². The number of thiazole rings is 1. The molecular weight excluding hydrogens is 314 g/mol. The number of nitrogens with zero attached hydrogens (tertiary/aromatic N) is 3. The Morgan fingerprint density at radius 2 is 2.26 bits per heavy atom. The maximum atomic E-state index is 11.8. The first-order valence-corrected chi connectivity index (χ1v) is 8.23. The summed E-state index contributed by atoms with van der Waals surface area (Å²) in [4.78, 5) is 21.9. The van der Waals surface area contributed by atoms with Crippen LogP contribution in [-0.2, 0) is 0 Å². The smallest absolute Gasteiger partial charge is 0.289 e. The average molecular weight is 335 g/mol. The van der Waals surface area contributed by atoms with Crippen molar-refractivity contribution in [1.29, 1.82) is 0 Å². The topological polar surface area (TPSA) is 96.8 Å². The van der Waals surface area contributed by atoms with Gasteiger partial charge in [0.1, 0.15) is 5.69 Å². The predicted octanol–water partition coefficient (Wildman–Crippen LogP) is 2.63. The van der Waals surface area contributed by atoms with E-state index in [4.69, 9.17) is 10.2 Å². The van der Waals surface area contributed by atoms with Gasteiger partial charge in [0.2, 0.25) is 0 Å². The fraction of sp³-hybridized carbons (Fsp3) is 0.400. The van der Waals surface area contributed by atoms with Crippen LogP contribution in [0.2, 0.25) is 0 Å². The maximum Gasteiger partial charge on any atom is 0.289 e. The van der Waals surface area contributed by atoms with Gasteiger partial charge < -0.3 is 20.4 Å².